The Hall–Kier alpha value is -1.46. The van der Waals surface area contributed by atoms with Crippen molar-refractivity contribution in [2.24, 2.45) is 5.73 Å². The van der Waals surface area contributed by atoms with Gasteiger partial charge in [-0.25, -0.2) is 4.39 Å². The number of aromatic nitrogens is 3. The van der Waals surface area contributed by atoms with Gasteiger partial charge in [-0.05, 0) is 18.2 Å². The fourth-order valence-electron chi connectivity index (χ4n) is 1.33. The zero-order valence-electron chi connectivity index (χ0n) is 8.40. The van der Waals surface area contributed by atoms with E-state index in [9.17, 15) is 4.39 Å². The van der Waals surface area contributed by atoms with Crippen LogP contribution in [-0.4, -0.2) is 21.5 Å². The molecule has 0 bridgehead atoms. The topological polar surface area (TPSA) is 56.7 Å². The van der Waals surface area contributed by atoms with Gasteiger partial charge < -0.3 is 5.73 Å². The SMILES string of the molecule is NCCn1cc(-c2ccc(F)c(Cl)c2)nn1. The van der Waals surface area contributed by atoms with Crippen molar-refractivity contribution in [1.29, 1.82) is 0 Å². The van der Waals surface area contributed by atoms with Crippen LogP contribution in [0.1, 0.15) is 0 Å². The summed E-state index contributed by atoms with van der Waals surface area (Å²) in [6.07, 6.45) is 1.75. The minimum atomic E-state index is -0.445. The molecule has 2 rings (SSSR count). The van der Waals surface area contributed by atoms with Gasteiger partial charge in [0.05, 0.1) is 17.8 Å². The minimum absolute atomic E-state index is 0.0749. The third kappa shape index (κ3) is 2.20. The van der Waals surface area contributed by atoms with E-state index in [0.29, 0.717) is 18.8 Å². The Kier molecular flexibility index (Phi) is 3.17. The van der Waals surface area contributed by atoms with Gasteiger partial charge in [0.25, 0.3) is 0 Å². The van der Waals surface area contributed by atoms with Crippen molar-refractivity contribution in [3.8, 4) is 11.3 Å². The highest BCUT2D eigenvalue weighted by Gasteiger charge is 2.06. The maximum atomic E-state index is 13.0. The summed E-state index contributed by atoms with van der Waals surface area (Å²) in [6.45, 7) is 1.09. The first-order chi connectivity index (χ1) is 7.70. The molecule has 1 aromatic carbocycles. The van der Waals surface area contributed by atoms with Crippen molar-refractivity contribution in [1.82, 2.24) is 15.0 Å². The van der Waals surface area contributed by atoms with E-state index in [2.05, 4.69) is 10.3 Å². The average Bonchev–Trinajstić information content (AvgIpc) is 2.71. The molecule has 4 nitrogen and oxygen atoms in total. The first-order valence-corrected chi connectivity index (χ1v) is 5.14. The van der Waals surface area contributed by atoms with Crippen LogP contribution in [0.15, 0.2) is 24.4 Å². The van der Waals surface area contributed by atoms with Crippen molar-refractivity contribution >= 4 is 11.6 Å². The van der Waals surface area contributed by atoms with E-state index in [1.807, 2.05) is 0 Å². The van der Waals surface area contributed by atoms with Crippen LogP contribution in [0.5, 0.6) is 0 Å². The van der Waals surface area contributed by atoms with E-state index in [1.165, 1.54) is 12.1 Å². The third-order valence-corrected chi connectivity index (χ3v) is 2.40. The largest absolute Gasteiger partial charge is 0.329 e. The van der Waals surface area contributed by atoms with Crippen molar-refractivity contribution in [3.05, 3.63) is 35.2 Å². The summed E-state index contributed by atoms with van der Waals surface area (Å²) in [5.74, 6) is -0.445. The number of rotatable bonds is 3. The predicted octanol–water partition coefficient (Wildman–Crippen LogP) is 1.70. The van der Waals surface area contributed by atoms with Crippen molar-refractivity contribution < 1.29 is 4.39 Å². The number of hydrogen-bond acceptors (Lipinski definition) is 3. The van der Waals surface area contributed by atoms with Crippen molar-refractivity contribution in [2.75, 3.05) is 6.54 Å². The van der Waals surface area contributed by atoms with E-state index in [1.54, 1.807) is 16.9 Å². The number of benzene rings is 1. The molecule has 1 heterocycles. The lowest BCUT2D eigenvalue weighted by molar-refractivity contribution is 0.598. The fourth-order valence-corrected chi connectivity index (χ4v) is 1.51. The summed E-state index contributed by atoms with van der Waals surface area (Å²) < 4.78 is 14.6. The predicted molar refractivity (Wildman–Crippen MR) is 59.5 cm³/mol. The lowest BCUT2D eigenvalue weighted by Crippen LogP contribution is -2.10. The molecule has 0 aliphatic rings. The van der Waals surface area contributed by atoms with E-state index in [-0.39, 0.29) is 5.02 Å². The maximum absolute atomic E-state index is 13.0. The van der Waals surface area contributed by atoms with E-state index in [4.69, 9.17) is 17.3 Å². The zero-order chi connectivity index (χ0) is 11.5. The molecule has 0 unspecified atom stereocenters. The second-order valence-electron chi connectivity index (χ2n) is 3.28. The molecule has 16 heavy (non-hydrogen) atoms. The summed E-state index contributed by atoms with van der Waals surface area (Å²) in [7, 11) is 0. The van der Waals surface area contributed by atoms with Crippen molar-refractivity contribution in [3.63, 3.8) is 0 Å². The van der Waals surface area contributed by atoms with Gasteiger partial charge in [0.1, 0.15) is 11.5 Å². The van der Waals surface area contributed by atoms with Gasteiger partial charge in [-0.3, -0.25) is 4.68 Å². The van der Waals surface area contributed by atoms with Gasteiger partial charge in [-0.15, -0.1) is 5.10 Å². The average molecular weight is 241 g/mol. The Bertz CT molecular complexity index is 497. The summed E-state index contributed by atoms with van der Waals surface area (Å²) >= 11 is 5.68. The lowest BCUT2D eigenvalue weighted by Gasteiger charge is -1.97. The normalized spacial score (nSPS) is 10.7. The Morgan fingerprint density at radius 1 is 1.44 bits per heavy atom. The number of halogens is 2. The molecule has 0 fully saturated rings. The van der Waals surface area contributed by atoms with Crippen molar-refractivity contribution in [2.45, 2.75) is 6.54 Å². The number of hydrogen-bond donors (Lipinski definition) is 1. The van der Waals surface area contributed by atoms with Gasteiger partial charge in [0.2, 0.25) is 0 Å². The first-order valence-electron chi connectivity index (χ1n) is 4.76. The summed E-state index contributed by atoms with van der Waals surface area (Å²) in [6, 6.07) is 4.44. The molecule has 6 heteroatoms. The molecule has 0 radical (unpaired) electrons. The highest BCUT2D eigenvalue weighted by molar-refractivity contribution is 6.31. The fraction of sp³-hybridized carbons (Fsp3) is 0.200. The first kappa shape index (κ1) is 11.0. The zero-order valence-corrected chi connectivity index (χ0v) is 9.15. The molecule has 0 atom stereocenters. The van der Waals surface area contributed by atoms with Crippen LogP contribution in [0.3, 0.4) is 0 Å². The van der Waals surface area contributed by atoms with Gasteiger partial charge in [0.15, 0.2) is 0 Å². The number of nitrogens with two attached hydrogens (primary N) is 1. The van der Waals surface area contributed by atoms with Crippen LogP contribution in [0.4, 0.5) is 4.39 Å². The van der Waals surface area contributed by atoms with Crippen LogP contribution in [-0.2, 0) is 6.54 Å². The van der Waals surface area contributed by atoms with Crippen LogP contribution >= 0.6 is 11.6 Å². The molecule has 1 aromatic heterocycles. The smallest absolute Gasteiger partial charge is 0.141 e. The lowest BCUT2D eigenvalue weighted by atomic mass is 10.2. The Morgan fingerprint density at radius 3 is 2.94 bits per heavy atom. The molecule has 0 aliphatic heterocycles. The highest BCUT2D eigenvalue weighted by atomic mass is 35.5. The van der Waals surface area contributed by atoms with Gasteiger partial charge in [-0.2, -0.15) is 0 Å². The van der Waals surface area contributed by atoms with Gasteiger partial charge in [0, 0.05) is 12.1 Å². The minimum Gasteiger partial charge on any atom is -0.329 e. The molecular formula is C10H10ClFN4. The maximum Gasteiger partial charge on any atom is 0.141 e. The molecule has 84 valence electrons. The van der Waals surface area contributed by atoms with Crippen LogP contribution in [0, 0.1) is 5.82 Å². The second-order valence-corrected chi connectivity index (χ2v) is 3.69. The third-order valence-electron chi connectivity index (χ3n) is 2.11. The molecule has 2 N–H and O–H groups in total. The quantitative estimate of drug-likeness (QED) is 0.888. The van der Waals surface area contributed by atoms with E-state index < -0.39 is 5.82 Å². The molecule has 0 aliphatic carbocycles. The van der Waals surface area contributed by atoms with Gasteiger partial charge >= 0.3 is 0 Å². The monoisotopic (exact) mass is 240 g/mol. The Labute approximate surface area is 96.8 Å². The van der Waals surface area contributed by atoms with E-state index >= 15 is 0 Å². The number of nitrogens with zero attached hydrogens (tertiary/aromatic N) is 3. The molecule has 0 saturated carbocycles. The molecular weight excluding hydrogens is 231 g/mol. The summed E-state index contributed by atoms with van der Waals surface area (Å²) in [5, 5.41) is 7.91. The molecule has 2 aromatic rings. The van der Waals surface area contributed by atoms with Crippen LogP contribution in [0.2, 0.25) is 5.02 Å². The standard InChI is InChI=1S/C10H10ClFN4/c11-8-5-7(1-2-9(8)12)10-6-16(4-3-13)15-14-10/h1-2,5-6H,3-4,13H2. The molecule has 0 saturated heterocycles. The summed E-state index contributed by atoms with van der Waals surface area (Å²) in [4.78, 5) is 0. The van der Waals surface area contributed by atoms with Crippen LogP contribution in [0.25, 0.3) is 11.3 Å². The molecule has 0 amide bonds. The highest BCUT2D eigenvalue weighted by Crippen LogP contribution is 2.22. The summed E-state index contributed by atoms with van der Waals surface area (Å²) in [5.41, 5.74) is 6.77. The molecule has 0 spiro atoms. The van der Waals surface area contributed by atoms with Gasteiger partial charge in [-0.1, -0.05) is 16.8 Å². The Balaban J connectivity index is 2.31. The van der Waals surface area contributed by atoms with Crippen LogP contribution < -0.4 is 5.73 Å². The van der Waals surface area contributed by atoms with E-state index in [0.717, 1.165) is 5.56 Å². The second kappa shape index (κ2) is 4.59. The Morgan fingerprint density at radius 2 is 2.25 bits per heavy atom.